The smallest absolute Gasteiger partial charge is 0.0430 e. The first-order chi connectivity index (χ1) is 10.6. The molecule has 0 bridgehead atoms. The van der Waals surface area contributed by atoms with Crippen LogP contribution in [0, 0.1) is 34.5 Å². The predicted octanol–water partition coefficient (Wildman–Crippen LogP) is 5.87. The minimum Gasteiger partial charge on any atom is -0.0900 e. The van der Waals surface area contributed by atoms with Gasteiger partial charge in [0.15, 0.2) is 0 Å². The lowest BCUT2D eigenvalue weighted by Gasteiger charge is -2.59. The fourth-order valence-electron chi connectivity index (χ4n) is 7.06. The summed E-state index contributed by atoms with van der Waals surface area (Å²) in [5.74, 6) is 3.49. The first-order valence-electron chi connectivity index (χ1n) is 9.29. The van der Waals surface area contributed by atoms with Crippen LogP contribution in [-0.4, -0.2) is 6.04 Å². The molecule has 0 radical (unpaired) electrons. The van der Waals surface area contributed by atoms with Crippen LogP contribution in [0.2, 0.25) is 0 Å². The van der Waals surface area contributed by atoms with Crippen molar-refractivity contribution in [3.8, 4) is 0 Å². The summed E-state index contributed by atoms with van der Waals surface area (Å²) in [6.07, 6.45) is 15.3. The summed E-state index contributed by atoms with van der Waals surface area (Å²) in [6.45, 7) is 5.01. The Morgan fingerprint density at radius 2 is 1.82 bits per heavy atom. The SMILES string of the molecule is C[C@]12CC=CC[C@@H]1CC[C@@H]1[C@@H]2CC[C@]2(C)[C@H](N=[N+]=[N-])CC[C@@H]12. The molecular formula is C19H29N3. The van der Waals surface area contributed by atoms with E-state index in [0.29, 0.717) is 5.41 Å². The van der Waals surface area contributed by atoms with Gasteiger partial charge in [-0.25, -0.2) is 0 Å². The third-order valence-electron chi connectivity index (χ3n) is 8.35. The molecule has 4 rings (SSSR count). The van der Waals surface area contributed by atoms with Crippen molar-refractivity contribution in [2.24, 2.45) is 39.6 Å². The average molecular weight is 299 g/mol. The van der Waals surface area contributed by atoms with E-state index < -0.39 is 0 Å². The van der Waals surface area contributed by atoms with Crippen molar-refractivity contribution in [3.05, 3.63) is 22.6 Å². The zero-order valence-electron chi connectivity index (χ0n) is 14.0. The van der Waals surface area contributed by atoms with E-state index >= 15 is 0 Å². The van der Waals surface area contributed by atoms with Gasteiger partial charge in [-0.15, -0.1) is 0 Å². The van der Waals surface area contributed by atoms with E-state index in [1.807, 2.05) is 0 Å². The van der Waals surface area contributed by atoms with Crippen LogP contribution >= 0.6 is 0 Å². The Morgan fingerprint density at radius 3 is 2.64 bits per heavy atom. The average Bonchev–Trinajstić information content (AvgIpc) is 2.84. The van der Waals surface area contributed by atoms with Crippen LogP contribution in [0.5, 0.6) is 0 Å². The molecule has 3 heteroatoms. The summed E-state index contributed by atoms with van der Waals surface area (Å²) < 4.78 is 0. The topological polar surface area (TPSA) is 48.8 Å². The first kappa shape index (κ1) is 14.6. The molecule has 3 fully saturated rings. The number of allylic oxidation sites excluding steroid dienone is 2. The lowest BCUT2D eigenvalue weighted by molar-refractivity contribution is -0.0897. The molecule has 7 atom stereocenters. The highest BCUT2D eigenvalue weighted by molar-refractivity contribution is 5.13. The van der Waals surface area contributed by atoms with Crippen LogP contribution in [0.15, 0.2) is 17.3 Å². The van der Waals surface area contributed by atoms with Crippen LogP contribution in [0.4, 0.5) is 0 Å². The van der Waals surface area contributed by atoms with Gasteiger partial charge in [0, 0.05) is 11.0 Å². The Bertz CT molecular complexity index is 535. The van der Waals surface area contributed by atoms with Crippen LogP contribution in [0.25, 0.3) is 10.4 Å². The normalized spacial score (nSPS) is 53.1. The van der Waals surface area contributed by atoms with Crippen LogP contribution in [-0.2, 0) is 0 Å². The number of rotatable bonds is 1. The summed E-state index contributed by atoms with van der Waals surface area (Å²) in [7, 11) is 0. The molecular weight excluding hydrogens is 270 g/mol. The second-order valence-corrected chi connectivity index (χ2v) is 8.91. The van der Waals surface area contributed by atoms with Gasteiger partial charge in [-0.2, -0.15) is 0 Å². The van der Waals surface area contributed by atoms with Crippen LogP contribution < -0.4 is 0 Å². The molecule has 120 valence electrons. The monoisotopic (exact) mass is 299 g/mol. The van der Waals surface area contributed by atoms with E-state index in [1.165, 1.54) is 44.9 Å². The molecule has 0 aromatic rings. The van der Waals surface area contributed by atoms with Crippen LogP contribution in [0.3, 0.4) is 0 Å². The quantitative estimate of drug-likeness (QED) is 0.251. The largest absolute Gasteiger partial charge is 0.0900 e. The lowest BCUT2D eigenvalue weighted by Crippen LogP contribution is -2.52. The van der Waals surface area contributed by atoms with Gasteiger partial charge in [0.2, 0.25) is 0 Å². The Kier molecular flexibility index (Phi) is 3.34. The highest BCUT2D eigenvalue weighted by Crippen LogP contribution is 2.66. The number of fused-ring (bicyclic) bond motifs is 5. The number of azide groups is 1. The molecule has 0 aromatic heterocycles. The minimum absolute atomic E-state index is 0.250. The molecule has 22 heavy (non-hydrogen) atoms. The van der Waals surface area contributed by atoms with E-state index in [0.717, 1.165) is 30.1 Å². The lowest BCUT2D eigenvalue weighted by atomic mass is 9.46. The van der Waals surface area contributed by atoms with E-state index in [1.54, 1.807) is 0 Å². The molecule has 0 saturated heterocycles. The Morgan fingerprint density at radius 1 is 1.00 bits per heavy atom. The maximum absolute atomic E-state index is 8.91. The zero-order valence-corrected chi connectivity index (χ0v) is 14.0. The van der Waals surface area contributed by atoms with Crippen molar-refractivity contribution in [2.45, 2.75) is 71.3 Å². The molecule has 4 aliphatic rings. The molecule has 3 saturated carbocycles. The second kappa shape index (κ2) is 5.03. The van der Waals surface area contributed by atoms with Gasteiger partial charge in [0.25, 0.3) is 0 Å². The second-order valence-electron chi connectivity index (χ2n) is 8.91. The molecule has 0 spiro atoms. The molecule has 0 aliphatic heterocycles. The van der Waals surface area contributed by atoms with Gasteiger partial charge in [-0.05, 0) is 91.4 Å². The third kappa shape index (κ3) is 1.84. The molecule has 0 heterocycles. The van der Waals surface area contributed by atoms with Crippen molar-refractivity contribution in [1.29, 1.82) is 0 Å². The number of hydrogen-bond acceptors (Lipinski definition) is 1. The highest BCUT2D eigenvalue weighted by Gasteiger charge is 2.59. The van der Waals surface area contributed by atoms with Gasteiger partial charge < -0.3 is 0 Å². The summed E-state index contributed by atoms with van der Waals surface area (Å²) in [5.41, 5.74) is 9.73. The third-order valence-corrected chi connectivity index (χ3v) is 8.35. The van der Waals surface area contributed by atoms with Crippen molar-refractivity contribution in [2.75, 3.05) is 0 Å². The summed E-state index contributed by atoms with van der Waals surface area (Å²) in [6, 6.07) is 0.250. The minimum atomic E-state index is 0.250. The fraction of sp³-hybridized carbons (Fsp3) is 0.895. The van der Waals surface area contributed by atoms with Crippen molar-refractivity contribution < 1.29 is 0 Å². The molecule has 3 nitrogen and oxygen atoms in total. The molecule has 0 amide bonds. The first-order valence-corrected chi connectivity index (χ1v) is 9.29. The number of hydrogen-bond donors (Lipinski definition) is 0. The molecule has 0 aromatic carbocycles. The van der Waals surface area contributed by atoms with Crippen molar-refractivity contribution >= 4 is 0 Å². The van der Waals surface area contributed by atoms with Crippen LogP contribution in [0.1, 0.15) is 65.2 Å². The number of nitrogens with zero attached hydrogens (tertiary/aromatic N) is 3. The maximum atomic E-state index is 8.91. The Labute approximate surface area is 134 Å². The highest BCUT2D eigenvalue weighted by atomic mass is 15.2. The Hall–Kier alpha value is -0.950. The van der Waals surface area contributed by atoms with E-state index in [4.69, 9.17) is 5.53 Å². The van der Waals surface area contributed by atoms with E-state index in [9.17, 15) is 0 Å². The van der Waals surface area contributed by atoms with Crippen molar-refractivity contribution in [3.63, 3.8) is 0 Å². The predicted molar refractivity (Wildman–Crippen MR) is 89.2 cm³/mol. The standard InChI is InChI=1S/C19H29N3/c1-18-11-4-3-5-13(18)6-7-14-15-8-9-17(21-22-20)19(15,2)12-10-16(14)18/h3-4,13-17H,5-12H2,1-2H3/t13-,14+,15+,16+,17-,18+,19+/m1/s1. The fourth-order valence-corrected chi connectivity index (χ4v) is 7.06. The van der Waals surface area contributed by atoms with Gasteiger partial charge in [-0.1, -0.05) is 31.1 Å². The van der Waals surface area contributed by atoms with E-state index in [-0.39, 0.29) is 11.5 Å². The summed E-state index contributed by atoms with van der Waals surface area (Å²) in [4.78, 5) is 3.15. The molecule has 0 N–H and O–H groups in total. The molecule has 4 aliphatic carbocycles. The van der Waals surface area contributed by atoms with E-state index in [2.05, 4.69) is 36.0 Å². The zero-order chi connectivity index (χ0) is 15.4. The van der Waals surface area contributed by atoms with Gasteiger partial charge >= 0.3 is 0 Å². The Balaban J connectivity index is 1.65. The maximum Gasteiger partial charge on any atom is 0.0430 e. The van der Waals surface area contributed by atoms with Gasteiger partial charge in [0.05, 0.1) is 0 Å². The summed E-state index contributed by atoms with van der Waals surface area (Å²) in [5, 5.41) is 4.19. The molecule has 0 unspecified atom stereocenters. The van der Waals surface area contributed by atoms with Gasteiger partial charge in [-0.3, -0.25) is 0 Å². The van der Waals surface area contributed by atoms with Gasteiger partial charge in [0.1, 0.15) is 0 Å². The summed E-state index contributed by atoms with van der Waals surface area (Å²) >= 11 is 0. The van der Waals surface area contributed by atoms with Crippen molar-refractivity contribution in [1.82, 2.24) is 0 Å².